The zero-order valence-corrected chi connectivity index (χ0v) is 9.65. The second kappa shape index (κ2) is 4.91. The van der Waals surface area contributed by atoms with Crippen molar-refractivity contribution in [1.29, 1.82) is 0 Å². The number of hydrogen-bond donors (Lipinski definition) is 0. The van der Waals surface area contributed by atoms with Gasteiger partial charge in [-0.25, -0.2) is 0 Å². The Morgan fingerprint density at radius 2 is 2.13 bits per heavy atom. The van der Waals surface area contributed by atoms with E-state index < -0.39 is 0 Å². The van der Waals surface area contributed by atoms with Crippen LogP contribution in [-0.4, -0.2) is 18.1 Å². The summed E-state index contributed by atoms with van der Waals surface area (Å²) in [6.07, 6.45) is 1.75. The zero-order chi connectivity index (χ0) is 11.4. The minimum Gasteiger partial charge on any atom is -0.469 e. The van der Waals surface area contributed by atoms with E-state index in [9.17, 15) is 4.79 Å². The van der Waals surface area contributed by atoms with Gasteiger partial charge in [0.2, 0.25) is 0 Å². The van der Waals surface area contributed by atoms with Gasteiger partial charge < -0.3 is 4.74 Å². The van der Waals surface area contributed by atoms with Crippen molar-refractivity contribution in [1.82, 2.24) is 4.98 Å². The fourth-order valence-electron chi connectivity index (χ4n) is 1.60. The summed E-state index contributed by atoms with van der Waals surface area (Å²) >= 11 is 0. The van der Waals surface area contributed by atoms with E-state index in [1.54, 1.807) is 6.20 Å². The third kappa shape index (κ3) is 2.55. The van der Waals surface area contributed by atoms with E-state index in [0.29, 0.717) is 0 Å². The van der Waals surface area contributed by atoms with Crippen LogP contribution in [0, 0.1) is 12.8 Å². The first-order chi connectivity index (χ1) is 7.07. The lowest BCUT2D eigenvalue weighted by atomic mass is 9.90. The predicted octanol–water partition coefficient (Wildman–Crippen LogP) is 2.30. The third-order valence-electron chi connectivity index (χ3n) is 2.80. The number of methoxy groups -OCH3 is 1. The Morgan fingerprint density at radius 3 is 2.67 bits per heavy atom. The first-order valence-corrected chi connectivity index (χ1v) is 5.07. The van der Waals surface area contributed by atoms with Crippen molar-refractivity contribution in [2.45, 2.75) is 26.7 Å². The Balaban J connectivity index is 2.89. The number of nitrogens with zero attached hydrogens (tertiary/aromatic N) is 1. The lowest BCUT2D eigenvalue weighted by Gasteiger charge is -2.18. The van der Waals surface area contributed by atoms with E-state index in [1.165, 1.54) is 7.11 Å². The maximum atomic E-state index is 11.4. The molecular formula is C12H17NO2. The Hall–Kier alpha value is -1.38. The lowest BCUT2D eigenvalue weighted by molar-refractivity contribution is -0.145. The van der Waals surface area contributed by atoms with Crippen LogP contribution in [0.15, 0.2) is 18.3 Å². The number of pyridine rings is 1. The fourth-order valence-corrected chi connectivity index (χ4v) is 1.60. The van der Waals surface area contributed by atoms with Crippen LogP contribution in [0.2, 0.25) is 0 Å². The first kappa shape index (κ1) is 11.7. The quantitative estimate of drug-likeness (QED) is 0.714. The normalized spacial score (nSPS) is 14.4. The molecule has 0 aromatic carbocycles. The minimum atomic E-state index is -0.187. The van der Waals surface area contributed by atoms with Crippen molar-refractivity contribution >= 4 is 5.97 Å². The van der Waals surface area contributed by atoms with Crippen molar-refractivity contribution < 1.29 is 9.53 Å². The zero-order valence-electron chi connectivity index (χ0n) is 9.65. The Morgan fingerprint density at radius 1 is 1.47 bits per heavy atom. The topological polar surface area (TPSA) is 39.2 Å². The molecule has 0 spiro atoms. The van der Waals surface area contributed by atoms with Crippen LogP contribution in [0.1, 0.15) is 31.0 Å². The Kier molecular flexibility index (Phi) is 3.83. The summed E-state index contributed by atoms with van der Waals surface area (Å²) in [6.45, 7) is 5.87. The SMILES string of the molecule is COC(=O)C(C)C(C)c1ncccc1C. The summed E-state index contributed by atoms with van der Waals surface area (Å²) in [6, 6.07) is 3.90. The van der Waals surface area contributed by atoms with Crippen LogP contribution in [0.25, 0.3) is 0 Å². The molecule has 0 aliphatic carbocycles. The smallest absolute Gasteiger partial charge is 0.309 e. The average molecular weight is 207 g/mol. The Bertz CT molecular complexity index is 349. The van der Waals surface area contributed by atoms with Crippen LogP contribution >= 0.6 is 0 Å². The highest BCUT2D eigenvalue weighted by Gasteiger charge is 2.24. The number of hydrogen-bond acceptors (Lipinski definition) is 3. The molecule has 1 rings (SSSR count). The van der Waals surface area contributed by atoms with Gasteiger partial charge in [-0.3, -0.25) is 9.78 Å². The standard InChI is InChI=1S/C12H17NO2/c1-8-6-5-7-13-11(8)9(2)10(3)12(14)15-4/h5-7,9-10H,1-4H3. The highest BCUT2D eigenvalue weighted by molar-refractivity contribution is 5.73. The molecule has 0 N–H and O–H groups in total. The summed E-state index contributed by atoms with van der Waals surface area (Å²) in [5, 5.41) is 0. The highest BCUT2D eigenvalue weighted by Crippen LogP contribution is 2.25. The van der Waals surface area contributed by atoms with E-state index in [4.69, 9.17) is 4.74 Å². The number of carbonyl (C=O) groups is 1. The molecule has 0 amide bonds. The number of ether oxygens (including phenoxy) is 1. The first-order valence-electron chi connectivity index (χ1n) is 5.07. The largest absolute Gasteiger partial charge is 0.469 e. The number of rotatable bonds is 3. The van der Waals surface area contributed by atoms with E-state index in [-0.39, 0.29) is 17.8 Å². The van der Waals surface area contributed by atoms with Gasteiger partial charge in [0.15, 0.2) is 0 Å². The van der Waals surface area contributed by atoms with Crippen molar-refractivity contribution in [2.24, 2.45) is 5.92 Å². The van der Waals surface area contributed by atoms with Crippen LogP contribution < -0.4 is 0 Å². The number of esters is 1. The molecule has 0 fully saturated rings. The second-order valence-electron chi connectivity index (χ2n) is 3.81. The van der Waals surface area contributed by atoms with Gasteiger partial charge in [0.05, 0.1) is 13.0 Å². The molecule has 0 aliphatic rings. The van der Waals surface area contributed by atoms with Crippen LogP contribution in [0.5, 0.6) is 0 Å². The molecule has 0 radical (unpaired) electrons. The van der Waals surface area contributed by atoms with Gasteiger partial charge in [-0.05, 0) is 18.6 Å². The molecule has 0 aliphatic heterocycles. The molecule has 3 heteroatoms. The summed E-state index contributed by atoms with van der Waals surface area (Å²) in [4.78, 5) is 15.7. The molecule has 82 valence electrons. The summed E-state index contributed by atoms with van der Waals surface area (Å²) in [7, 11) is 1.41. The fraction of sp³-hybridized carbons (Fsp3) is 0.500. The average Bonchev–Trinajstić information content (AvgIpc) is 2.26. The van der Waals surface area contributed by atoms with Crippen molar-refractivity contribution in [2.75, 3.05) is 7.11 Å². The van der Waals surface area contributed by atoms with Crippen molar-refractivity contribution in [3.05, 3.63) is 29.6 Å². The molecule has 0 saturated heterocycles. The van der Waals surface area contributed by atoms with Gasteiger partial charge >= 0.3 is 5.97 Å². The molecule has 2 unspecified atom stereocenters. The second-order valence-corrected chi connectivity index (χ2v) is 3.81. The maximum Gasteiger partial charge on any atom is 0.309 e. The predicted molar refractivity (Wildman–Crippen MR) is 58.6 cm³/mol. The minimum absolute atomic E-state index is 0.0821. The van der Waals surface area contributed by atoms with Gasteiger partial charge in [-0.1, -0.05) is 19.9 Å². The van der Waals surface area contributed by atoms with E-state index in [2.05, 4.69) is 4.98 Å². The molecule has 0 saturated carbocycles. The Labute approximate surface area is 90.5 Å². The monoisotopic (exact) mass is 207 g/mol. The molecular weight excluding hydrogens is 190 g/mol. The third-order valence-corrected chi connectivity index (χ3v) is 2.80. The van der Waals surface area contributed by atoms with Gasteiger partial charge in [0.25, 0.3) is 0 Å². The van der Waals surface area contributed by atoms with E-state index >= 15 is 0 Å². The van der Waals surface area contributed by atoms with Crippen LogP contribution in [0.4, 0.5) is 0 Å². The number of aryl methyl sites for hydroxylation is 1. The molecule has 3 nitrogen and oxygen atoms in total. The summed E-state index contributed by atoms with van der Waals surface area (Å²) < 4.78 is 4.73. The van der Waals surface area contributed by atoms with E-state index in [1.807, 2.05) is 32.9 Å². The molecule has 2 atom stereocenters. The molecule has 1 aromatic rings. The maximum absolute atomic E-state index is 11.4. The lowest BCUT2D eigenvalue weighted by Crippen LogP contribution is -2.20. The summed E-state index contributed by atoms with van der Waals surface area (Å²) in [5.41, 5.74) is 2.08. The summed E-state index contributed by atoms with van der Waals surface area (Å²) in [5.74, 6) is -0.269. The molecule has 15 heavy (non-hydrogen) atoms. The van der Waals surface area contributed by atoms with Gasteiger partial charge in [-0.15, -0.1) is 0 Å². The highest BCUT2D eigenvalue weighted by atomic mass is 16.5. The van der Waals surface area contributed by atoms with Gasteiger partial charge in [0, 0.05) is 17.8 Å². The molecule has 1 heterocycles. The van der Waals surface area contributed by atoms with Crippen molar-refractivity contribution in [3.8, 4) is 0 Å². The van der Waals surface area contributed by atoms with Crippen LogP contribution in [-0.2, 0) is 9.53 Å². The molecule has 1 aromatic heterocycles. The van der Waals surface area contributed by atoms with Crippen molar-refractivity contribution in [3.63, 3.8) is 0 Å². The molecule has 0 bridgehead atoms. The van der Waals surface area contributed by atoms with E-state index in [0.717, 1.165) is 11.3 Å². The van der Waals surface area contributed by atoms with Gasteiger partial charge in [0.1, 0.15) is 0 Å². The number of aromatic nitrogens is 1. The number of carbonyl (C=O) groups excluding carboxylic acids is 1. The van der Waals surface area contributed by atoms with Crippen LogP contribution in [0.3, 0.4) is 0 Å². The van der Waals surface area contributed by atoms with Gasteiger partial charge in [-0.2, -0.15) is 0 Å².